The van der Waals surface area contributed by atoms with E-state index in [2.05, 4.69) is 41.8 Å². The molecule has 2 heteroatoms. The lowest BCUT2D eigenvalue weighted by atomic mass is 10.1. The minimum absolute atomic E-state index is 1.03. The van der Waals surface area contributed by atoms with Gasteiger partial charge >= 0.3 is 0 Å². The van der Waals surface area contributed by atoms with E-state index in [0.717, 1.165) is 25.9 Å². The van der Waals surface area contributed by atoms with Crippen LogP contribution in [0.2, 0.25) is 0 Å². The molecule has 0 spiro atoms. The quantitative estimate of drug-likeness (QED) is 0.676. The minimum Gasteiger partial charge on any atom is -0.385 e. The summed E-state index contributed by atoms with van der Waals surface area (Å²) < 4.78 is 0. The minimum atomic E-state index is 1.03. The third kappa shape index (κ3) is 3.79. The van der Waals surface area contributed by atoms with Crippen LogP contribution in [-0.2, 0) is 6.42 Å². The molecule has 2 nitrogen and oxygen atoms in total. The fourth-order valence-electron chi connectivity index (χ4n) is 1.36. The molecule has 1 aromatic carbocycles. The number of rotatable bonds is 6. The van der Waals surface area contributed by atoms with Gasteiger partial charge in [-0.1, -0.05) is 19.1 Å². The first-order chi connectivity index (χ1) is 6.86. The van der Waals surface area contributed by atoms with E-state index < -0.39 is 0 Å². The Hall–Kier alpha value is -1.02. The lowest BCUT2D eigenvalue weighted by Crippen LogP contribution is -2.12. The fraction of sp³-hybridized carbons (Fsp3) is 0.500. The van der Waals surface area contributed by atoms with Crippen LogP contribution in [0.1, 0.15) is 18.9 Å². The first kappa shape index (κ1) is 11.1. The van der Waals surface area contributed by atoms with Crippen LogP contribution in [0, 0.1) is 0 Å². The molecule has 0 heterocycles. The van der Waals surface area contributed by atoms with Gasteiger partial charge in [0, 0.05) is 12.2 Å². The van der Waals surface area contributed by atoms with Crippen molar-refractivity contribution in [2.24, 2.45) is 0 Å². The van der Waals surface area contributed by atoms with Gasteiger partial charge in [0.25, 0.3) is 0 Å². The zero-order valence-electron chi connectivity index (χ0n) is 9.14. The molecule has 0 fully saturated rings. The Bertz CT molecular complexity index is 241. The summed E-state index contributed by atoms with van der Waals surface area (Å²) >= 11 is 0. The average Bonchev–Trinajstić information content (AvgIpc) is 2.25. The molecule has 0 saturated heterocycles. The summed E-state index contributed by atoms with van der Waals surface area (Å²) in [5.41, 5.74) is 2.61. The van der Waals surface area contributed by atoms with E-state index in [9.17, 15) is 0 Å². The Kier molecular flexibility index (Phi) is 5.08. The second kappa shape index (κ2) is 6.44. The van der Waals surface area contributed by atoms with E-state index in [0.29, 0.717) is 0 Å². The average molecular weight is 192 g/mol. The molecular formula is C12H20N2. The zero-order valence-corrected chi connectivity index (χ0v) is 9.14. The standard InChI is InChI=1S/C12H20N2/c1-3-11-5-7-12(8-6-11)14-10-4-9-13-2/h5-8,13-14H,3-4,9-10H2,1-2H3. The van der Waals surface area contributed by atoms with Gasteiger partial charge in [-0.25, -0.2) is 0 Å². The van der Waals surface area contributed by atoms with Gasteiger partial charge in [0.2, 0.25) is 0 Å². The Morgan fingerprint density at radius 3 is 2.36 bits per heavy atom. The molecule has 0 aliphatic rings. The first-order valence-electron chi connectivity index (χ1n) is 5.34. The van der Waals surface area contributed by atoms with E-state index in [1.165, 1.54) is 11.3 Å². The van der Waals surface area contributed by atoms with Gasteiger partial charge in [0.15, 0.2) is 0 Å². The first-order valence-corrected chi connectivity index (χ1v) is 5.34. The number of anilines is 1. The van der Waals surface area contributed by atoms with Crippen LogP contribution in [0.15, 0.2) is 24.3 Å². The number of hydrogen-bond donors (Lipinski definition) is 2. The molecule has 0 aliphatic carbocycles. The Labute approximate surface area is 86.7 Å². The normalized spacial score (nSPS) is 10.1. The second-order valence-corrected chi connectivity index (χ2v) is 3.43. The van der Waals surface area contributed by atoms with Crippen molar-refractivity contribution in [1.82, 2.24) is 5.32 Å². The largest absolute Gasteiger partial charge is 0.385 e. The summed E-state index contributed by atoms with van der Waals surface area (Å²) in [5, 5.41) is 6.52. The predicted octanol–water partition coefficient (Wildman–Crippen LogP) is 2.27. The summed E-state index contributed by atoms with van der Waals surface area (Å²) in [4.78, 5) is 0. The SMILES string of the molecule is CCc1ccc(NCCCNC)cc1. The van der Waals surface area contributed by atoms with Crippen LogP contribution in [0.3, 0.4) is 0 Å². The molecule has 1 aromatic rings. The van der Waals surface area contributed by atoms with E-state index in [4.69, 9.17) is 0 Å². The van der Waals surface area contributed by atoms with Gasteiger partial charge in [-0.05, 0) is 44.1 Å². The maximum absolute atomic E-state index is 3.39. The van der Waals surface area contributed by atoms with Crippen molar-refractivity contribution in [3.63, 3.8) is 0 Å². The highest BCUT2D eigenvalue weighted by molar-refractivity contribution is 5.44. The van der Waals surface area contributed by atoms with Crippen LogP contribution < -0.4 is 10.6 Å². The van der Waals surface area contributed by atoms with Crippen LogP contribution in [0.4, 0.5) is 5.69 Å². The van der Waals surface area contributed by atoms with Gasteiger partial charge in [0.05, 0.1) is 0 Å². The van der Waals surface area contributed by atoms with Gasteiger partial charge in [-0.3, -0.25) is 0 Å². The Balaban J connectivity index is 2.29. The third-order valence-electron chi connectivity index (χ3n) is 2.29. The lowest BCUT2D eigenvalue weighted by molar-refractivity contribution is 0.748. The summed E-state index contributed by atoms with van der Waals surface area (Å²) in [6.07, 6.45) is 2.27. The summed E-state index contributed by atoms with van der Waals surface area (Å²) in [7, 11) is 1.98. The molecule has 0 aromatic heterocycles. The monoisotopic (exact) mass is 192 g/mol. The molecule has 0 saturated carbocycles. The molecule has 0 amide bonds. The smallest absolute Gasteiger partial charge is 0.0340 e. The van der Waals surface area contributed by atoms with E-state index in [-0.39, 0.29) is 0 Å². The number of aryl methyl sites for hydroxylation is 1. The summed E-state index contributed by atoms with van der Waals surface area (Å²) in [6, 6.07) is 8.66. The molecule has 0 atom stereocenters. The number of nitrogens with one attached hydrogen (secondary N) is 2. The van der Waals surface area contributed by atoms with Crippen molar-refractivity contribution in [3.05, 3.63) is 29.8 Å². The van der Waals surface area contributed by atoms with Gasteiger partial charge < -0.3 is 10.6 Å². The maximum Gasteiger partial charge on any atom is 0.0340 e. The van der Waals surface area contributed by atoms with Crippen molar-refractivity contribution in [2.75, 3.05) is 25.5 Å². The molecule has 78 valence electrons. The molecule has 2 N–H and O–H groups in total. The van der Waals surface area contributed by atoms with Gasteiger partial charge in [0.1, 0.15) is 0 Å². The molecular weight excluding hydrogens is 172 g/mol. The van der Waals surface area contributed by atoms with E-state index in [1.54, 1.807) is 0 Å². The number of hydrogen-bond acceptors (Lipinski definition) is 2. The van der Waals surface area contributed by atoms with Crippen LogP contribution >= 0.6 is 0 Å². The molecule has 0 aliphatic heterocycles. The van der Waals surface area contributed by atoms with Crippen molar-refractivity contribution < 1.29 is 0 Å². The van der Waals surface area contributed by atoms with Crippen LogP contribution in [0.25, 0.3) is 0 Å². The van der Waals surface area contributed by atoms with Gasteiger partial charge in [-0.15, -0.1) is 0 Å². The molecule has 14 heavy (non-hydrogen) atoms. The molecule has 1 rings (SSSR count). The second-order valence-electron chi connectivity index (χ2n) is 3.43. The topological polar surface area (TPSA) is 24.1 Å². The summed E-state index contributed by atoms with van der Waals surface area (Å²) in [5.74, 6) is 0. The van der Waals surface area contributed by atoms with E-state index >= 15 is 0 Å². The zero-order chi connectivity index (χ0) is 10.2. The van der Waals surface area contributed by atoms with Crippen molar-refractivity contribution in [3.8, 4) is 0 Å². The van der Waals surface area contributed by atoms with Crippen molar-refractivity contribution >= 4 is 5.69 Å². The maximum atomic E-state index is 3.39. The highest BCUT2D eigenvalue weighted by Crippen LogP contribution is 2.09. The third-order valence-corrected chi connectivity index (χ3v) is 2.29. The predicted molar refractivity (Wildman–Crippen MR) is 62.9 cm³/mol. The molecule has 0 bridgehead atoms. The van der Waals surface area contributed by atoms with Crippen molar-refractivity contribution in [2.45, 2.75) is 19.8 Å². The Morgan fingerprint density at radius 2 is 1.79 bits per heavy atom. The van der Waals surface area contributed by atoms with Crippen LogP contribution in [-0.4, -0.2) is 20.1 Å². The lowest BCUT2D eigenvalue weighted by Gasteiger charge is -2.06. The van der Waals surface area contributed by atoms with Gasteiger partial charge in [-0.2, -0.15) is 0 Å². The molecule has 0 unspecified atom stereocenters. The summed E-state index contributed by atoms with van der Waals surface area (Å²) in [6.45, 7) is 4.28. The highest BCUT2D eigenvalue weighted by atomic mass is 14.9. The highest BCUT2D eigenvalue weighted by Gasteiger charge is 1.91. The number of benzene rings is 1. The fourth-order valence-corrected chi connectivity index (χ4v) is 1.36. The van der Waals surface area contributed by atoms with Crippen molar-refractivity contribution in [1.29, 1.82) is 0 Å². The Morgan fingerprint density at radius 1 is 1.07 bits per heavy atom. The van der Waals surface area contributed by atoms with E-state index in [1.807, 2.05) is 7.05 Å². The molecule has 0 radical (unpaired) electrons. The van der Waals surface area contributed by atoms with Crippen LogP contribution in [0.5, 0.6) is 0 Å².